The Morgan fingerprint density at radius 2 is 0.986 bits per heavy atom. The smallest absolute Gasteiger partial charge is 0.159 e. The van der Waals surface area contributed by atoms with Gasteiger partial charge in [0.2, 0.25) is 0 Å². The van der Waals surface area contributed by atoms with Crippen molar-refractivity contribution in [3.63, 3.8) is 0 Å². The summed E-state index contributed by atoms with van der Waals surface area (Å²) in [4.78, 5) is 4.68. The molecular formula is C64H40N2O3. The summed E-state index contributed by atoms with van der Waals surface area (Å²) in [5, 5.41) is 13.6. The van der Waals surface area contributed by atoms with Crippen LogP contribution in [0.25, 0.3) is 87.0 Å². The number of benzene rings is 11. The van der Waals surface area contributed by atoms with Gasteiger partial charge < -0.3 is 23.4 Å². The number of nitrogens with zero attached hydrogens (tertiary/aromatic N) is 2. The zero-order chi connectivity index (χ0) is 45.2. The molecule has 0 saturated carbocycles. The van der Waals surface area contributed by atoms with E-state index in [0.717, 1.165) is 117 Å². The van der Waals surface area contributed by atoms with E-state index in [-0.39, 0.29) is 5.92 Å². The average molecular weight is 885 g/mol. The van der Waals surface area contributed by atoms with Gasteiger partial charge in [0.25, 0.3) is 0 Å². The van der Waals surface area contributed by atoms with E-state index in [1.54, 1.807) is 0 Å². The molecule has 1 aliphatic heterocycles. The van der Waals surface area contributed by atoms with Crippen LogP contribution in [-0.4, -0.2) is 0 Å². The highest BCUT2D eigenvalue weighted by Gasteiger charge is 2.35. The number of para-hydroxylation sites is 3. The first kappa shape index (κ1) is 38.1. The quantitative estimate of drug-likeness (QED) is 0.156. The highest BCUT2D eigenvalue weighted by atomic mass is 16.5. The average Bonchev–Trinajstić information content (AvgIpc) is 4.11. The fourth-order valence-electron chi connectivity index (χ4n) is 11.3. The number of anilines is 5. The Balaban J connectivity index is 0.938. The second-order valence-electron chi connectivity index (χ2n) is 18.3. The van der Waals surface area contributed by atoms with Gasteiger partial charge in [-0.15, -0.1) is 0 Å². The van der Waals surface area contributed by atoms with Gasteiger partial charge in [-0.3, -0.25) is 0 Å². The molecule has 5 heteroatoms. The van der Waals surface area contributed by atoms with E-state index in [0.29, 0.717) is 0 Å². The third kappa shape index (κ3) is 5.77. The van der Waals surface area contributed by atoms with Crippen LogP contribution in [0.1, 0.15) is 17.9 Å². The largest absolute Gasteiger partial charge is 0.459 e. The van der Waals surface area contributed by atoms with Gasteiger partial charge >= 0.3 is 0 Å². The predicted octanol–water partition coefficient (Wildman–Crippen LogP) is 18.1. The third-order valence-corrected chi connectivity index (χ3v) is 14.5. The molecule has 1 unspecified atom stereocenters. The Morgan fingerprint density at radius 3 is 1.80 bits per heavy atom. The summed E-state index contributed by atoms with van der Waals surface area (Å²) in [7, 11) is 0. The molecule has 0 radical (unpaired) electrons. The fraction of sp³-hybridized carbons (Fsp3) is 0.0312. The summed E-state index contributed by atoms with van der Waals surface area (Å²) in [6, 6.07) is 75.9. The topological polar surface area (TPSA) is 42.0 Å². The van der Waals surface area contributed by atoms with Crippen LogP contribution in [0.5, 0.6) is 5.75 Å². The number of ether oxygens (including phenoxy) is 1. The van der Waals surface area contributed by atoms with E-state index in [1.807, 2.05) is 12.1 Å². The number of furan rings is 2. The van der Waals surface area contributed by atoms with E-state index in [9.17, 15) is 0 Å². The molecule has 69 heavy (non-hydrogen) atoms. The maximum Gasteiger partial charge on any atom is 0.159 e. The molecule has 11 aromatic carbocycles. The van der Waals surface area contributed by atoms with Gasteiger partial charge in [0.1, 0.15) is 28.3 Å². The normalized spacial score (nSPS) is 14.5. The summed E-state index contributed by atoms with van der Waals surface area (Å²) < 4.78 is 20.7. The van der Waals surface area contributed by atoms with Crippen LogP contribution in [-0.2, 0) is 0 Å². The van der Waals surface area contributed by atoms with Crippen molar-refractivity contribution in [1.82, 2.24) is 0 Å². The summed E-state index contributed by atoms with van der Waals surface area (Å²) in [5.74, 6) is 2.04. The van der Waals surface area contributed by atoms with Crippen LogP contribution >= 0.6 is 0 Å². The minimum Gasteiger partial charge on any atom is -0.459 e. The maximum absolute atomic E-state index is 7.18. The Morgan fingerprint density at radius 1 is 0.391 bits per heavy atom. The lowest BCUT2D eigenvalue weighted by molar-refractivity contribution is 0.418. The van der Waals surface area contributed by atoms with Crippen LogP contribution in [0.3, 0.4) is 0 Å². The molecule has 2 aliphatic rings. The Kier molecular flexibility index (Phi) is 8.13. The van der Waals surface area contributed by atoms with Gasteiger partial charge in [0.15, 0.2) is 5.58 Å². The van der Waals surface area contributed by atoms with Crippen LogP contribution in [0.2, 0.25) is 0 Å². The second-order valence-corrected chi connectivity index (χ2v) is 18.3. The van der Waals surface area contributed by atoms with E-state index in [2.05, 4.69) is 222 Å². The monoisotopic (exact) mass is 884 g/mol. The first-order valence-electron chi connectivity index (χ1n) is 23.7. The highest BCUT2D eigenvalue weighted by Crippen LogP contribution is 2.50. The molecule has 0 saturated heterocycles. The molecule has 1 atom stereocenters. The molecular weight excluding hydrogens is 845 g/mol. The first-order valence-corrected chi connectivity index (χ1v) is 23.7. The summed E-state index contributed by atoms with van der Waals surface area (Å²) >= 11 is 0. The Bertz CT molecular complexity index is 4360. The van der Waals surface area contributed by atoms with Crippen molar-refractivity contribution in [1.29, 1.82) is 0 Å². The van der Waals surface area contributed by atoms with Crippen molar-refractivity contribution in [2.45, 2.75) is 12.3 Å². The molecule has 0 N–H and O–H groups in total. The molecule has 0 fully saturated rings. The second kappa shape index (κ2) is 14.7. The van der Waals surface area contributed by atoms with Crippen molar-refractivity contribution >= 4 is 115 Å². The predicted molar refractivity (Wildman–Crippen MR) is 285 cm³/mol. The molecule has 0 spiro atoms. The lowest BCUT2D eigenvalue weighted by Gasteiger charge is -2.30. The summed E-state index contributed by atoms with van der Waals surface area (Å²) in [6.45, 7) is 0. The number of fused-ring (bicyclic) bond motifs is 16. The van der Waals surface area contributed by atoms with Gasteiger partial charge in [0.05, 0.1) is 23.0 Å². The highest BCUT2D eigenvalue weighted by molar-refractivity contribution is 6.30. The van der Waals surface area contributed by atoms with Gasteiger partial charge in [0, 0.05) is 55.6 Å². The lowest BCUT2D eigenvalue weighted by Crippen LogP contribution is -2.21. The number of hydrogen-bond acceptors (Lipinski definition) is 5. The maximum atomic E-state index is 7.18. The van der Waals surface area contributed by atoms with Gasteiger partial charge in [-0.2, -0.15) is 0 Å². The van der Waals surface area contributed by atoms with Crippen molar-refractivity contribution in [2.24, 2.45) is 0 Å². The molecule has 0 amide bonds. The van der Waals surface area contributed by atoms with Crippen molar-refractivity contribution < 1.29 is 13.6 Å². The molecule has 1 aliphatic carbocycles. The standard InChI is InChI=1S/C64H40N2O3/c1-3-15-41-35-43(29-27-39(41)13-1)65(56-23-11-21-51-48-18-7-9-25-58(48)67-62(51)56)45-31-33-53-55(37-45)47-17-5-6-20-50(47)61-54-34-32-46(38-60(54)69-64(53)61)66(44-30-28-40-14-2-4-16-42(40)36-44)57-24-12-22-52-49-19-8-10-26-59(49)68-63(52)57/h1-21,23-38,52H,22H2. The lowest BCUT2D eigenvalue weighted by atomic mass is 9.90. The van der Waals surface area contributed by atoms with E-state index < -0.39 is 0 Å². The number of hydrogen-bond donors (Lipinski definition) is 0. The molecule has 324 valence electrons. The van der Waals surface area contributed by atoms with Crippen LogP contribution in [0.15, 0.2) is 245 Å². The van der Waals surface area contributed by atoms with Crippen molar-refractivity contribution in [2.75, 3.05) is 9.80 Å². The van der Waals surface area contributed by atoms with Crippen molar-refractivity contribution in [3.8, 4) is 5.75 Å². The van der Waals surface area contributed by atoms with Gasteiger partial charge in [-0.1, -0.05) is 140 Å². The zero-order valence-corrected chi connectivity index (χ0v) is 37.3. The fourth-order valence-corrected chi connectivity index (χ4v) is 11.3. The first-order chi connectivity index (χ1) is 34.2. The minimum atomic E-state index is 0.144. The van der Waals surface area contributed by atoms with E-state index >= 15 is 0 Å². The third-order valence-electron chi connectivity index (χ3n) is 14.5. The zero-order valence-electron chi connectivity index (χ0n) is 37.3. The molecule has 13 aromatic rings. The van der Waals surface area contributed by atoms with E-state index in [1.165, 1.54) is 27.1 Å². The summed E-state index contributed by atoms with van der Waals surface area (Å²) in [6.07, 6.45) is 5.40. The SMILES string of the molecule is C1=CC(N(c2ccc3ccccc3c2)c2ccc3c(c2)oc2c4ccc(N(c5ccc6ccccc6c5)c5cccc6c5oc5ccccc56)cc4c4ccccc4c32)=C2Oc3ccccc3C2C1. The van der Waals surface area contributed by atoms with Crippen LogP contribution in [0, 0.1) is 0 Å². The Labute approximate surface area is 396 Å². The van der Waals surface area contributed by atoms with Crippen LogP contribution < -0.4 is 14.5 Å². The molecule has 3 heterocycles. The number of rotatable bonds is 6. The van der Waals surface area contributed by atoms with Gasteiger partial charge in [-0.05, 0) is 123 Å². The molecule has 15 rings (SSSR count). The van der Waals surface area contributed by atoms with Crippen LogP contribution in [0.4, 0.5) is 28.4 Å². The Hall–Kier alpha value is -9.06. The van der Waals surface area contributed by atoms with Gasteiger partial charge in [-0.25, -0.2) is 0 Å². The van der Waals surface area contributed by atoms with E-state index in [4.69, 9.17) is 13.6 Å². The molecule has 0 bridgehead atoms. The summed E-state index contributed by atoms with van der Waals surface area (Å²) in [5.41, 5.74) is 10.7. The number of allylic oxidation sites excluding steroid dienone is 3. The molecule has 5 nitrogen and oxygen atoms in total. The van der Waals surface area contributed by atoms with Crippen molar-refractivity contribution in [3.05, 3.63) is 241 Å². The minimum absolute atomic E-state index is 0.144. The molecule has 2 aromatic heterocycles.